The second-order valence-electron chi connectivity index (χ2n) is 2.79. The highest BCUT2D eigenvalue weighted by Gasteiger charge is 2.39. The molecule has 1 aliphatic rings. The predicted molar refractivity (Wildman–Crippen MR) is 36.5 cm³/mol. The molecule has 1 fully saturated rings. The summed E-state index contributed by atoms with van der Waals surface area (Å²) in [7, 11) is 0. The smallest absolute Gasteiger partial charge is 0.172 e. The lowest BCUT2D eigenvalue weighted by Crippen LogP contribution is -2.60. The van der Waals surface area contributed by atoms with Crippen molar-refractivity contribution in [1.82, 2.24) is 0 Å². The summed E-state index contributed by atoms with van der Waals surface area (Å²) in [5.41, 5.74) is 5.29. The first-order chi connectivity index (χ1) is 5.04. The number of rotatable bonds is 0. The zero-order chi connectivity index (χ0) is 8.59. The summed E-state index contributed by atoms with van der Waals surface area (Å²) in [6, 6.07) is -0.929. The van der Waals surface area contributed by atoms with Gasteiger partial charge in [-0.1, -0.05) is 0 Å². The molecule has 11 heavy (non-hydrogen) atoms. The van der Waals surface area contributed by atoms with Crippen LogP contribution in [0, 0.1) is 0 Å². The Morgan fingerprint density at radius 2 is 1.73 bits per heavy atom. The monoisotopic (exact) mass is 163 g/mol. The van der Waals surface area contributed by atoms with Crippen molar-refractivity contribution in [2.45, 2.75) is 37.6 Å². The molecule has 1 saturated heterocycles. The standard InChI is InChI=1S/C6H13NO4/c1-2-4(8)5(9)3(7)6(10)11-2/h2-6,8-10H,7H2,1H3/t2-,3?,4?,5?,6?/m1/s1. The largest absolute Gasteiger partial charge is 0.388 e. The quantitative estimate of drug-likeness (QED) is 0.324. The fraction of sp³-hybridized carbons (Fsp3) is 1.00. The van der Waals surface area contributed by atoms with E-state index in [0.29, 0.717) is 0 Å². The molecule has 0 aliphatic carbocycles. The van der Waals surface area contributed by atoms with Crippen molar-refractivity contribution in [3.63, 3.8) is 0 Å². The van der Waals surface area contributed by atoms with Crippen LogP contribution in [0.4, 0.5) is 0 Å². The summed E-state index contributed by atoms with van der Waals surface area (Å²) >= 11 is 0. The minimum Gasteiger partial charge on any atom is -0.388 e. The van der Waals surface area contributed by atoms with Gasteiger partial charge in [-0.2, -0.15) is 0 Å². The molecule has 0 aromatic rings. The summed E-state index contributed by atoms with van der Waals surface area (Å²) in [6.07, 6.45) is -3.91. The molecule has 1 heterocycles. The van der Waals surface area contributed by atoms with E-state index in [1.807, 2.05) is 0 Å². The van der Waals surface area contributed by atoms with Gasteiger partial charge in [0.25, 0.3) is 0 Å². The molecular weight excluding hydrogens is 150 g/mol. The molecule has 4 unspecified atom stereocenters. The molecule has 0 bridgehead atoms. The Morgan fingerprint density at radius 3 is 2.27 bits per heavy atom. The van der Waals surface area contributed by atoms with Gasteiger partial charge in [-0.3, -0.25) is 0 Å². The van der Waals surface area contributed by atoms with Gasteiger partial charge < -0.3 is 25.8 Å². The topological polar surface area (TPSA) is 95.9 Å². The van der Waals surface area contributed by atoms with Gasteiger partial charge in [0, 0.05) is 0 Å². The summed E-state index contributed by atoms with van der Waals surface area (Å²) in [6.45, 7) is 1.56. The number of aliphatic hydroxyl groups excluding tert-OH is 3. The molecule has 0 spiro atoms. The number of aliphatic hydroxyl groups is 3. The van der Waals surface area contributed by atoms with Crippen LogP contribution in [0.15, 0.2) is 0 Å². The summed E-state index contributed by atoms with van der Waals surface area (Å²) in [4.78, 5) is 0. The van der Waals surface area contributed by atoms with Crippen molar-refractivity contribution < 1.29 is 20.1 Å². The molecule has 5 N–H and O–H groups in total. The Balaban J connectivity index is 2.63. The first kappa shape index (κ1) is 8.89. The molecule has 1 aliphatic heterocycles. The average Bonchev–Trinajstić information content (AvgIpc) is 1.97. The highest BCUT2D eigenvalue weighted by molar-refractivity contribution is 4.88. The van der Waals surface area contributed by atoms with Crippen LogP contribution in [0.5, 0.6) is 0 Å². The van der Waals surface area contributed by atoms with Crippen molar-refractivity contribution >= 4 is 0 Å². The van der Waals surface area contributed by atoms with Crippen LogP contribution in [-0.2, 0) is 4.74 Å². The van der Waals surface area contributed by atoms with E-state index >= 15 is 0 Å². The molecule has 0 amide bonds. The molecule has 1 rings (SSSR count). The van der Waals surface area contributed by atoms with Crippen molar-refractivity contribution in [2.24, 2.45) is 5.73 Å². The Morgan fingerprint density at radius 1 is 1.18 bits per heavy atom. The molecule has 0 aromatic carbocycles. The van der Waals surface area contributed by atoms with Crippen LogP contribution < -0.4 is 5.73 Å². The van der Waals surface area contributed by atoms with Crippen LogP contribution in [0.3, 0.4) is 0 Å². The molecule has 66 valence electrons. The maximum atomic E-state index is 9.17. The van der Waals surface area contributed by atoms with Gasteiger partial charge in [0.2, 0.25) is 0 Å². The third-order valence-corrected chi connectivity index (χ3v) is 1.91. The Bertz CT molecular complexity index is 129. The third kappa shape index (κ3) is 1.52. The molecule has 0 saturated carbocycles. The maximum Gasteiger partial charge on any atom is 0.172 e. The lowest BCUT2D eigenvalue weighted by Gasteiger charge is -2.37. The summed E-state index contributed by atoms with van der Waals surface area (Å²) < 4.78 is 4.80. The molecule has 5 heteroatoms. The predicted octanol–water partition coefficient (Wildman–Crippen LogP) is -2.23. The van der Waals surface area contributed by atoms with E-state index in [2.05, 4.69) is 0 Å². The fourth-order valence-electron chi connectivity index (χ4n) is 1.07. The average molecular weight is 163 g/mol. The van der Waals surface area contributed by atoms with E-state index in [4.69, 9.17) is 20.7 Å². The van der Waals surface area contributed by atoms with E-state index in [1.165, 1.54) is 0 Å². The number of nitrogens with two attached hydrogens (primary N) is 1. The highest BCUT2D eigenvalue weighted by Crippen LogP contribution is 2.17. The zero-order valence-corrected chi connectivity index (χ0v) is 6.21. The lowest BCUT2D eigenvalue weighted by atomic mass is 9.99. The molecule has 0 radical (unpaired) electrons. The molecule has 5 atom stereocenters. The molecular formula is C6H13NO4. The van der Waals surface area contributed by atoms with E-state index in [9.17, 15) is 5.11 Å². The summed E-state index contributed by atoms with van der Waals surface area (Å²) in [5, 5.41) is 27.4. The second-order valence-corrected chi connectivity index (χ2v) is 2.79. The molecule has 0 aromatic heterocycles. The van der Waals surface area contributed by atoms with Gasteiger partial charge >= 0.3 is 0 Å². The fourth-order valence-corrected chi connectivity index (χ4v) is 1.07. The number of hydrogen-bond donors (Lipinski definition) is 4. The van der Waals surface area contributed by atoms with Crippen molar-refractivity contribution in [2.75, 3.05) is 0 Å². The van der Waals surface area contributed by atoms with Gasteiger partial charge in [-0.05, 0) is 6.92 Å². The van der Waals surface area contributed by atoms with Crippen LogP contribution >= 0.6 is 0 Å². The Hall–Kier alpha value is -0.200. The third-order valence-electron chi connectivity index (χ3n) is 1.91. The van der Waals surface area contributed by atoms with E-state index < -0.39 is 30.6 Å². The van der Waals surface area contributed by atoms with Crippen molar-refractivity contribution in [3.8, 4) is 0 Å². The minimum atomic E-state index is -1.19. The first-order valence-electron chi connectivity index (χ1n) is 3.49. The van der Waals surface area contributed by atoms with E-state index in [-0.39, 0.29) is 0 Å². The first-order valence-corrected chi connectivity index (χ1v) is 3.49. The minimum absolute atomic E-state index is 0.584. The maximum absolute atomic E-state index is 9.17. The van der Waals surface area contributed by atoms with Crippen LogP contribution in [-0.4, -0.2) is 46.0 Å². The van der Waals surface area contributed by atoms with E-state index in [1.54, 1.807) is 6.92 Å². The SMILES string of the molecule is C[C@H]1OC(O)C(N)C(O)C1O. The Labute approximate surface area is 64.4 Å². The number of ether oxygens (including phenoxy) is 1. The second kappa shape index (κ2) is 3.04. The van der Waals surface area contributed by atoms with Crippen LogP contribution in [0.2, 0.25) is 0 Å². The van der Waals surface area contributed by atoms with Crippen LogP contribution in [0.1, 0.15) is 6.92 Å². The lowest BCUT2D eigenvalue weighted by molar-refractivity contribution is -0.236. The number of hydrogen-bond acceptors (Lipinski definition) is 5. The van der Waals surface area contributed by atoms with Crippen molar-refractivity contribution in [3.05, 3.63) is 0 Å². The normalized spacial score (nSPS) is 52.6. The van der Waals surface area contributed by atoms with Gasteiger partial charge in [-0.25, -0.2) is 0 Å². The van der Waals surface area contributed by atoms with Gasteiger partial charge in [0.15, 0.2) is 6.29 Å². The highest BCUT2D eigenvalue weighted by atomic mass is 16.6. The van der Waals surface area contributed by atoms with Crippen molar-refractivity contribution in [1.29, 1.82) is 0 Å². The zero-order valence-electron chi connectivity index (χ0n) is 6.21. The Kier molecular flexibility index (Phi) is 2.46. The van der Waals surface area contributed by atoms with Gasteiger partial charge in [-0.15, -0.1) is 0 Å². The van der Waals surface area contributed by atoms with Gasteiger partial charge in [0.1, 0.15) is 12.2 Å². The van der Waals surface area contributed by atoms with Crippen LogP contribution in [0.25, 0.3) is 0 Å². The molecule has 5 nitrogen and oxygen atoms in total. The summed E-state index contributed by atoms with van der Waals surface area (Å²) in [5.74, 6) is 0. The van der Waals surface area contributed by atoms with Gasteiger partial charge in [0.05, 0.1) is 12.1 Å². The van der Waals surface area contributed by atoms with E-state index in [0.717, 1.165) is 0 Å².